The number of thiazole rings is 1. The minimum atomic E-state index is -4.11. The van der Waals surface area contributed by atoms with Crippen LogP contribution in [-0.4, -0.2) is 46.2 Å². The van der Waals surface area contributed by atoms with Crippen molar-refractivity contribution in [1.82, 2.24) is 13.6 Å². The number of amidine groups is 1. The molecule has 1 aromatic heterocycles. The van der Waals surface area contributed by atoms with E-state index in [4.69, 9.17) is 23.2 Å². The number of aliphatic imine (C=N–C) groups is 1. The van der Waals surface area contributed by atoms with Gasteiger partial charge in [0.25, 0.3) is 0 Å². The van der Waals surface area contributed by atoms with Crippen LogP contribution in [0.3, 0.4) is 0 Å². The Kier molecular flexibility index (Phi) is 5.53. The average Bonchev–Trinajstić information content (AvgIpc) is 3.30. The summed E-state index contributed by atoms with van der Waals surface area (Å²) >= 11 is 14.1. The zero-order chi connectivity index (χ0) is 21.6. The summed E-state index contributed by atoms with van der Waals surface area (Å²) in [5, 5.41) is 7.03. The highest BCUT2D eigenvalue weighted by Gasteiger charge is 2.43. The lowest BCUT2D eigenvalue weighted by molar-refractivity contribution is -0.115. The third-order valence-corrected chi connectivity index (χ3v) is 8.28. The van der Waals surface area contributed by atoms with E-state index in [1.165, 1.54) is 16.7 Å². The minimum absolute atomic E-state index is 0.00273. The second kappa shape index (κ2) is 7.85. The smallest absolute Gasteiger partial charge is 0.302 e. The molecule has 0 bridgehead atoms. The zero-order valence-corrected chi connectivity index (χ0v) is 19.0. The van der Waals surface area contributed by atoms with E-state index in [-0.39, 0.29) is 17.3 Å². The van der Waals surface area contributed by atoms with Crippen molar-refractivity contribution in [2.24, 2.45) is 4.99 Å². The van der Waals surface area contributed by atoms with E-state index in [1.807, 2.05) is 0 Å². The lowest BCUT2D eigenvalue weighted by Gasteiger charge is -2.29. The van der Waals surface area contributed by atoms with Crippen molar-refractivity contribution in [3.63, 3.8) is 0 Å². The Morgan fingerprint density at radius 1 is 1.27 bits per heavy atom. The lowest BCUT2D eigenvalue weighted by atomic mass is 10.2. The van der Waals surface area contributed by atoms with Crippen molar-refractivity contribution in [3.05, 3.63) is 44.7 Å². The standard InChI is InChI=1S/C16H11Cl2N5O4S3/c1-22-15(25)21-16-23(30(22,26)27)9(6-29-16)5-13(24)20-14-19-12(7-28-14)8-2-3-10(17)11(18)4-8/h2-4,6-7H,5H2,1H3,(H,19,20,24). The van der Waals surface area contributed by atoms with Crippen LogP contribution in [0.1, 0.15) is 6.42 Å². The Labute approximate surface area is 189 Å². The van der Waals surface area contributed by atoms with Gasteiger partial charge in [0, 0.05) is 23.4 Å². The van der Waals surface area contributed by atoms with E-state index in [1.54, 1.807) is 23.6 Å². The highest BCUT2D eigenvalue weighted by atomic mass is 35.5. The number of aromatic nitrogens is 1. The van der Waals surface area contributed by atoms with Crippen LogP contribution >= 0.6 is 46.3 Å². The van der Waals surface area contributed by atoms with Crippen LogP contribution in [0, 0.1) is 0 Å². The molecule has 9 nitrogen and oxygen atoms in total. The van der Waals surface area contributed by atoms with E-state index in [9.17, 15) is 18.0 Å². The van der Waals surface area contributed by atoms with Gasteiger partial charge >= 0.3 is 16.2 Å². The molecule has 0 fully saturated rings. The summed E-state index contributed by atoms with van der Waals surface area (Å²) in [6.45, 7) is 0. The van der Waals surface area contributed by atoms with Gasteiger partial charge in [0.2, 0.25) is 5.91 Å². The number of urea groups is 1. The molecule has 1 aromatic carbocycles. The van der Waals surface area contributed by atoms with E-state index >= 15 is 0 Å². The first-order valence-electron chi connectivity index (χ1n) is 8.15. The number of rotatable bonds is 4. The van der Waals surface area contributed by atoms with Crippen molar-refractivity contribution in [2.45, 2.75) is 6.42 Å². The lowest BCUT2D eigenvalue weighted by Crippen LogP contribution is -2.48. The van der Waals surface area contributed by atoms with Gasteiger partial charge in [-0.2, -0.15) is 13.4 Å². The highest BCUT2D eigenvalue weighted by molar-refractivity contribution is 8.17. The second-order valence-electron chi connectivity index (χ2n) is 6.04. The predicted octanol–water partition coefficient (Wildman–Crippen LogP) is 4.00. The number of anilines is 1. The van der Waals surface area contributed by atoms with Crippen molar-refractivity contribution >= 4 is 78.7 Å². The van der Waals surface area contributed by atoms with Crippen LogP contribution < -0.4 is 5.32 Å². The third kappa shape index (κ3) is 3.81. The molecular weight excluding hydrogens is 493 g/mol. The molecule has 0 aliphatic carbocycles. The molecule has 3 amide bonds. The molecule has 3 heterocycles. The first kappa shape index (κ1) is 21.1. The highest BCUT2D eigenvalue weighted by Crippen LogP contribution is 2.35. The Hall–Kier alpha value is -2.12. The Morgan fingerprint density at radius 2 is 2.03 bits per heavy atom. The summed E-state index contributed by atoms with van der Waals surface area (Å²) < 4.78 is 26.4. The molecule has 14 heteroatoms. The fraction of sp³-hybridized carbons (Fsp3) is 0.125. The zero-order valence-electron chi connectivity index (χ0n) is 15.0. The molecule has 1 N–H and O–H groups in total. The average molecular weight is 504 g/mol. The van der Waals surface area contributed by atoms with Crippen molar-refractivity contribution in [3.8, 4) is 11.3 Å². The minimum Gasteiger partial charge on any atom is -0.302 e. The largest absolute Gasteiger partial charge is 0.360 e. The van der Waals surface area contributed by atoms with Crippen LogP contribution in [0.5, 0.6) is 0 Å². The number of nitrogens with zero attached hydrogens (tertiary/aromatic N) is 4. The summed E-state index contributed by atoms with van der Waals surface area (Å²) in [6, 6.07) is 4.20. The predicted molar refractivity (Wildman–Crippen MR) is 118 cm³/mol. The molecule has 0 saturated heterocycles. The molecule has 0 saturated carbocycles. The maximum atomic E-state index is 12.5. The molecule has 0 atom stereocenters. The normalized spacial score (nSPS) is 17.5. The summed E-state index contributed by atoms with van der Waals surface area (Å²) in [7, 11) is -3.00. The molecular formula is C16H11Cl2N5O4S3. The van der Waals surface area contributed by atoms with Gasteiger partial charge < -0.3 is 5.32 Å². The third-order valence-electron chi connectivity index (χ3n) is 4.08. The molecule has 4 rings (SSSR count). The number of carbonyl (C=O) groups excluding carboxylic acids is 2. The number of thioether (sulfide) groups is 1. The van der Waals surface area contributed by atoms with Crippen LogP contribution in [0.25, 0.3) is 11.3 Å². The van der Waals surface area contributed by atoms with Crippen LogP contribution in [0.15, 0.2) is 39.7 Å². The van der Waals surface area contributed by atoms with Crippen molar-refractivity contribution < 1.29 is 18.0 Å². The number of nitrogens with one attached hydrogen (secondary N) is 1. The van der Waals surface area contributed by atoms with Crippen molar-refractivity contribution in [1.29, 1.82) is 0 Å². The summed E-state index contributed by atoms with van der Waals surface area (Å²) in [5.74, 6) is -0.465. The fourth-order valence-electron chi connectivity index (χ4n) is 2.59. The number of amides is 3. The van der Waals surface area contributed by atoms with Crippen LogP contribution in [-0.2, 0) is 15.0 Å². The van der Waals surface area contributed by atoms with E-state index < -0.39 is 22.1 Å². The van der Waals surface area contributed by atoms with Gasteiger partial charge in [0.15, 0.2) is 10.3 Å². The number of halogens is 2. The number of fused-ring (bicyclic) bond motifs is 1. The van der Waals surface area contributed by atoms with Gasteiger partial charge in [0.05, 0.1) is 27.9 Å². The van der Waals surface area contributed by atoms with Gasteiger partial charge in [-0.15, -0.1) is 11.3 Å². The topological polar surface area (TPSA) is 112 Å². The fourth-order valence-corrected chi connectivity index (χ4v) is 6.01. The number of benzene rings is 1. The Bertz CT molecular complexity index is 1240. The number of hydrogen-bond donors (Lipinski definition) is 1. The van der Waals surface area contributed by atoms with Crippen LogP contribution in [0.2, 0.25) is 10.0 Å². The first-order chi connectivity index (χ1) is 14.2. The monoisotopic (exact) mass is 503 g/mol. The Morgan fingerprint density at radius 3 is 2.77 bits per heavy atom. The molecule has 156 valence electrons. The maximum Gasteiger partial charge on any atom is 0.360 e. The van der Waals surface area contributed by atoms with Gasteiger partial charge in [-0.25, -0.2) is 18.4 Å². The van der Waals surface area contributed by atoms with Crippen LogP contribution in [0.4, 0.5) is 9.93 Å². The van der Waals surface area contributed by atoms with Gasteiger partial charge in [0.1, 0.15) is 0 Å². The number of hydrogen-bond acceptors (Lipinski definition) is 7. The summed E-state index contributed by atoms with van der Waals surface area (Å²) in [5.41, 5.74) is 1.54. The van der Waals surface area contributed by atoms with Crippen molar-refractivity contribution in [2.75, 3.05) is 12.4 Å². The van der Waals surface area contributed by atoms with E-state index in [0.717, 1.165) is 28.7 Å². The Balaban J connectivity index is 1.47. The molecule has 0 spiro atoms. The van der Waals surface area contributed by atoms with E-state index in [0.29, 0.717) is 25.2 Å². The van der Waals surface area contributed by atoms with E-state index in [2.05, 4.69) is 15.3 Å². The molecule has 2 aromatic rings. The summed E-state index contributed by atoms with van der Waals surface area (Å²) in [6.07, 6.45) is -0.241. The van der Waals surface area contributed by atoms with Gasteiger partial charge in [-0.3, -0.25) is 4.79 Å². The molecule has 0 radical (unpaired) electrons. The quantitative estimate of drug-likeness (QED) is 0.674. The number of carbonyl (C=O) groups is 2. The SMILES string of the molecule is CN1C(=O)N=C2SC=C(CC(=O)Nc3nc(-c4ccc(Cl)c(Cl)c4)cs3)N2S1(=O)=O. The molecule has 2 aliphatic rings. The first-order valence-corrected chi connectivity index (χ1v) is 12.1. The molecule has 30 heavy (non-hydrogen) atoms. The summed E-state index contributed by atoms with van der Waals surface area (Å²) in [4.78, 5) is 32.2. The van der Waals surface area contributed by atoms with Gasteiger partial charge in [-0.1, -0.05) is 41.0 Å². The second-order valence-corrected chi connectivity index (χ2v) is 10.4. The molecule has 0 unspecified atom stereocenters. The molecule has 2 aliphatic heterocycles. The maximum absolute atomic E-state index is 12.5. The van der Waals surface area contributed by atoms with Gasteiger partial charge in [-0.05, 0) is 12.1 Å².